The van der Waals surface area contributed by atoms with Crippen molar-refractivity contribution in [3.63, 3.8) is 0 Å². The van der Waals surface area contributed by atoms with Gasteiger partial charge in [-0.05, 0) is 30.7 Å². The van der Waals surface area contributed by atoms with Gasteiger partial charge in [0.1, 0.15) is 11.5 Å². The lowest BCUT2D eigenvalue weighted by molar-refractivity contribution is -0.130. The first kappa shape index (κ1) is 13.9. The van der Waals surface area contributed by atoms with Crippen molar-refractivity contribution in [3.8, 4) is 22.6 Å². The third kappa shape index (κ3) is 3.06. The summed E-state index contributed by atoms with van der Waals surface area (Å²) in [6.45, 7) is 5.16. The summed E-state index contributed by atoms with van der Waals surface area (Å²) in [4.78, 5) is 11.4. The zero-order valence-electron chi connectivity index (χ0n) is 11.6. The van der Waals surface area contributed by atoms with E-state index in [1.54, 1.807) is 26.2 Å². The Morgan fingerprint density at radius 1 is 1.05 bits per heavy atom. The number of methoxy groups -OCH3 is 1. The van der Waals surface area contributed by atoms with E-state index >= 15 is 0 Å². The molecule has 2 aromatic rings. The molecule has 0 heterocycles. The molecule has 20 heavy (non-hydrogen) atoms. The molecule has 0 aliphatic rings. The Morgan fingerprint density at radius 3 is 2.30 bits per heavy atom. The van der Waals surface area contributed by atoms with Crippen LogP contribution < -0.4 is 9.47 Å². The number of hydrogen-bond donors (Lipinski definition) is 0. The predicted octanol–water partition coefficient (Wildman–Crippen LogP) is 3.84. The van der Waals surface area contributed by atoms with E-state index in [0.29, 0.717) is 11.3 Å². The lowest BCUT2D eigenvalue weighted by Gasteiger charge is -2.09. The fourth-order valence-corrected chi connectivity index (χ4v) is 1.78. The van der Waals surface area contributed by atoms with Crippen LogP contribution in [0.5, 0.6) is 11.5 Å². The van der Waals surface area contributed by atoms with Crippen LogP contribution in [0.4, 0.5) is 0 Å². The summed E-state index contributed by atoms with van der Waals surface area (Å²) in [6, 6.07) is 15.0. The molecule has 0 atom stereocenters. The minimum atomic E-state index is -0.421. The van der Waals surface area contributed by atoms with E-state index in [-0.39, 0.29) is 0 Å². The van der Waals surface area contributed by atoms with Crippen LogP contribution in [0.3, 0.4) is 0 Å². The Hall–Kier alpha value is -2.55. The molecule has 0 saturated heterocycles. The van der Waals surface area contributed by atoms with Crippen LogP contribution in [0.25, 0.3) is 11.1 Å². The Kier molecular flexibility index (Phi) is 4.20. The highest BCUT2D eigenvalue weighted by atomic mass is 16.5. The second-order valence-electron chi connectivity index (χ2n) is 4.39. The fraction of sp³-hybridized carbons (Fsp3) is 0.118. The first-order valence-corrected chi connectivity index (χ1v) is 6.23. The molecule has 3 nitrogen and oxygen atoms in total. The average molecular weight is 268 g/mol. The molecule has 0 aliphatic heterocycles. The van der Waals surface area contributed by atoms with Gasteiger partial charge in [0, 0.05) is 11.1 Å². The number of ether oxygens (including phenoxy) is 2. The predicted molar refractivity (Wildman–Crippen MR) is 78.9 cm³/mol. The normalized spacial score (nSPS) is 9.90. The van der Waals surface area contributed by atoms with Gasteiger partial charge in [-0.2, -0.15) is 0 Å². The first-order chi connectivity index (χ1) is 9.61. The Bertz CT molecular complexity index is 627. The second kappa shape index (κ2) is 6.06. The average Bonchev–Trinajstić information content (AvgIpc) is 2.48. The maximum Gasteiger partial charge on any atom is 0.338 e. The van der Waals surface area contributed by atoms with Gasteiger partial charge in [-0.1, -0.05) is 36.9 Å². The number of para-hydroxylation sites is 1. The molecule has 0 bridgehead atoms. The largest absolute Gasteiger partial charge is 0.496 e. The zero-order chi connectivity index (χ0) is 14.5. The standard InChI is InChI=1S/C17H16O3/c1-12(2)17(18)20-14-10-8-13(9-11-14)15-6-4-5-7-16(15)19-3/h4-11H,1H2,2-3H3. The number of esters is 1. The summed E-state index contributed by atoms with van der Waals surface area (Å²) in [5.41, 5.74) is 2.36. The molecule has 0 aromatic heterocycles. The summed E-state index contributed by atoms with van der Waals surface area (Å²) >= 11 is 0. The molecule has 2 aromatic carbocycles. The van der Waals surface area contributed by atoms with Crippen molar-refractivity contribution in [1.82, 2.24) is 0 Å². The Labute approximate surface area is 118 Å². The third-order valence-electron chi connectivity index (χ3n) is 2.83. The van der Waals surface area contributed by atoms with Gasteiger partial charge in [-0.3, -0.25) is 0 Å². The monoisotopic (exact) mass is 268 g/mol. The number of benzene rings is 2. The van der Waals surface area contributed by atoms with Gasteiger partial charge in [0.25, 0.3) is 0 Å². The van der Waals surface area contributed by atoms with Crippen LogP contribution in [-0.4, -0.2) is 13.1 Å². The van der Waals surface area contributed by atoms with E-state index in [4.69, 9.17) is 9.47 Å². The van der Waals surface area contributed by atoms with Crippen molar-refractivity contribution in [3.05, 3.63) is 60.7 Å². The molecule has 0 radical (unpaired) electrons. The second-order valence-corrected chi connectivity index (χ2v) is 4.39. The van der Waals surface area contributed by atoms with Gasteiger partial charge in [0.2, 0.25) is 0 Å². The summed E-state index contributed by atoms with van der Waals surface area (Å²) < 4.78 is 10.5. The third-order valence-corrected chi connectivity index (χ3v) is 2.83. The van der Waals surface area contributed by atoms with Crippen molar-refractivity contribution in [2.45, 2.75) is 6.92 Å². The molecule has 3 heteroatoms. The molecule has 102 valence electrons. The molecule has 0 amide bonds. The number of carbonyl (C=O) groups is 1. The van der Waals surface area contributed by atoms with E-state index in [1.165, 1.54) is 0 Å². The number of hydrogen-bond acceptors (Lipinski definition) is 3. The molecule has 0 fully saturated rings. The Morgan fingerprint density at radius 2 is 1.70 bits per heavy atom. The summed E-state index contributed by atoms with van der Waals surface area (Å²) in [7, 11) is 1.64. The van der Waals surface area contributed by atoms with Crippen LogP contribution in [0, 0.1) is 0 Å². The molecule has 0 saturated carbocycles. The highest BCUT2D eigenvalue weighted by molar-refractivity contribution is 5.88. The van der Waals surface area contributed by atoms with Crippen molar-refractivity contribution >= 4 is 5.97 Å². The molecule has 0 spiro atoms. The van der Waals surface area contributed by atoms with E-state index in [0.717, 1.165) is 16.9 Å². The van der Waals surface area contributed by atoms with Gasteiger partial charge < -0.3 is 9.47 Å². The highest BCUT2D eigenvalue weighted by Crippen LogP contribution is 2.30. The van der Waals surface area contributed by atoms with Crippen LogP contribution in [0.2, 0.25) is 0 Å². The van der Waals surface area contributed by atoms with Crippen molar-refractivity contribution in [1.29, 1.82) is 0 Å². The van der Waals surface area contributed by atoms with Crippen molar-refractivity contribution in [2.75, 3.05) is 7.11 Å². The van der Waals surface area contributed by atoms with Crippen molar-refractivity contribution < 1.29 is 14.3 Å². The SMILES string of the molecule is C=C(C)C(=O)Oc1ccc(-c2ccccc2OC)cc1. The van der Waals surface area contributed by atoms with Crippen LogP contribution in [-0.2, 0) is 4.79 Å². The molecule has 0 N–H and O–H groups in total. The van der Waals surface area contributed by atoms with Crippen molar-refractivity contribution in [2.24, 2.45) is 0 Å². The molecule has 0 unspecified atom stereocenters. The van der Waals surface area contributed by atoms with Crippen LogP contribution in [0.1, 0.15) is 6.92 Å². The summed E-state index contributed by atoms with van der Waals surface area (Å²) in [5.74, 6) is 0.880. The van der Waals surface area contributed by atoms with E-state index in [2.05, 4.69) is 6.58 Å². The maximum absolute atomic E-state index is 11.4. The van der Waals surface area contributed by atoms with Crippen LogP contribution in [0.15, 0.2) is 60.7 Å². The van der Waals surface area contributed by atoms with Gasteiger partial charge in [0.15, 0.2) is 0 Å². The molecular formula is C17H16O3. The minimum Gasteiger partial charge on any atom is -0.496 e. The summed E-state index contributed by atoms with van der Waals surface area (Å²) in [6.07, 6.45) is 0. The van der Waals surface area contributed by atoms with Crippen LogP contribution >= 0.6 is 0 Å². The van der Waals surface area contributed by atoms with E-state index < -0.39 is 5.97 Å². The smallest absolute Gasteiger partial charge is 0.338 e. The quantitative estimate of drug-likeness (QED) is 0.480. The fourth-order valence-electron chi connectivity index (χ4n) is 1.78. The Balaban J connectivity index is 2.24. The van der Waals surface area contributed by atoms with E-state index in [1.807, 2.05) is 36.4 Å². The van der Waals surface area contributed by atoms with E-state index in [9.17, 15) is 4.79 Å². The van der Waals surface area contributed by atoms with Gasteiger partial charge in [-0.15, -0.1) is 0 Å². The first-order valence-electron chi connectivity index (χ1n) is 6.23. The minimum absolute atomic E-state index is 0.374. The highest BCUT2D eigenvalue weighted by Gasteiger charge is 2.07. The number of rotatable bonds is 4. The molecular weight excluding hydrogens is 252 g/mol. The topological polar surface area (TPSA) is 35.5 Å². The van der Waals surface area contributed by atoms with Gasteiger partial charge >= 0.3 is 5.97 Å². The lowest BCUT2D eigenvalue weighted by Crippen LogP contribution is -2.07. The van der Waals surface area contributed by atoms with Gasteiger partial charge in [-0.25, -0.2) is 4.79 Å². The summed E-state index contributed by atoms with van der Waals surface area (Å²) in [5, 5.41) is 0. The molecule has 2 rings (SSSR count). The maximum atomic E-state index is 11.4. The molecule has 0 aliphatic carbocycles. The lowest BCUT2D eigenvalue weighted by atomic mass is 10.0. The zero-order valence-corrected chi connectivity index (χ0v) is 11.6. The van der Waals surface area contributed by atoms with Gasteiger partial charge in [0.05, 0.1) is 7.11 Å². The number of carbonyl (C=O) groups excluding carboxylic acids is 1.